The van der Waals surface area contributed by atoms with Gasteiger partial charge in [0.1, 0.15) is 23.9 Å². The van der Waals surface area contributed by atoms with Crippen molar-refractivity contribution in [3.05, 3.63) is 35.4 Å². The Kier molecular flexibility index (Phi) is 12.3. The normalized spacial score (nSPS) is 16.5. The number of hydrogen-bond donors (Lipinski definition) is 6. The Morgan fingerprint density at radius 3 is 1.37 bits per heavy atom. The van der Waals surface area contributed by atoms with Gasteiger partial charge >= 0.3 is 0 Å². The van der Waals surface area contributed by atoms with Crippen molar-refractivity contribution in [2.45, 2.75) is 62.1 Å². The molecule has 1 unspecified atom stereocenters. The summed E-state index contributed by atoms with van der Waals surface area (Å²) in [4.78, 5) is 0. The van der Waals surface area contributed by atoms with Crippen LogP contribution in [0.4, 0.5) is 0 Å². The zero-order chi connectivity index (χ0) is 31.0. The first-order valence-electron chi connectivity index (χ1n) is 13.1. The van der Waals surface area contributed by atoms with Crippen molar-refractivity contribution in [2.24, 2.45) is 0 Å². The van der Waals surface area contributed by atoms with Crippen molar-refractivity contribution in [3.8, 4) is 34.5 Å². The minimum absolute atomic E-state index is 0.00959. The minimum atomic E-state index is -2.57. The first-order valence-corrected chi connectivity index (χ1v) is 13.1. The zero-order valence-corrected chi connectivity index (χ0v) is 24.7. The third-order valence-electron chi connectivity index (χ3n) is 7.18. The van der Waals surface area contributed by atoms with Gasteiger partial charge in [0.25, 0.3) is 0 Å². The number of methoxy groups -OCH3 is 6. The van der Waals surface area contributed by atoms with Gasteiger partial charge in [0.15, 0.2) is 23.0 Å². The van der Waals surface area contributed by atoms with Gasteiger partial charge in [-0.3, -0.25) is 0 Å². The highest BCUT2D eigenvalue weighted by Gasteiger charge is 2.54. The van der Waals surface area contributed by atoms with Crippen LogP contribution in [0.3, 0.4) is 0 Å². The number of ether oxygens (including phenoxy) is 6. The molecule has 0 amide bonds. The lowest BCUT2D eigenvalue weighted by atomic mass is 9.71. The van der Waals surface area contributed by atoms with Gasteiger partial charge in [-0.25, -0.2) is 0 Å². The highest BCUT2D eigenvalue weighted by atomic mass is 16.5. The van der Waals surface area contributed by atoms with Crippen LogP contribution in [0.25, 0.3) is 0 Å². The van der Waals surface area contributed by atoms with Crippen molar-refractivity contribution in [1.82, 2.24) is 0 Å². The molecule has 6 N–H and O–H groups in total. The van der Waals surface area contributed by atoms with Crippen LogP contribution in [0, 0.1) is 0 Å². The molecule has 5 atom stereocenters. The van der Waals surface area contributed by atoms with E-state index in [0.717, 1.165) is 0 Å². The fraction of sp³-hybridized carbons (Fsp3) is 0.586. The average Bonchev–Trinajstić information content (AvgIpc) is 2.98. The van der Waals surface area contributed by atoms with Gasteiger partial charge in [-0.05, 0) is 41.8 Å². The number of rotatable bonds is 17. The summed E-state index contributed by atoms with van der Waals surface area (Å²) in [5.41, 5.74) is -3.82. The predicted molar refractivity (Wildman–Crippen MR) is 150 cm³/mol. The molecule has 2 aromatic rings. The quantitative estimate of drug-likeness (QED) is 0.155. The van der Waals surface area contributed by atoms with Crippen LogP contribution in [0.15, 0.2) is 24.3 Å². The van der Waals surface area contributed by atoms with Gasteiger partial charge in [0.2, 0.25) is 11.5 Å². The Morgan fingerprint density at radius 2 is 1.05 bits per heavy atom. The molecule has 0 aliphatic carbocycles. The van der Waals surface area contributed by atoms with Gasteiger partial charge in [0, 0.05) is 12.8 Å². The molecule has 0 saturated carbocycles. The van der Waals surface area contributed by atoms with E-state index in [0.29, 0.717) is 34.8 Å². The molecule has 0 aliphatic heterocycles. The lowest BCUT2D eigenvalue weighted by Crippen LogP contribution is -2.66. The van der Waals surface area contributed by atoms with E-state index in [-0.39, 0.29) is 30.1 Å². The summed E-state index contributed by atoms with van der Waals surface area (Å²) in [5, 5.41) is 66.7. The fourth-order valence-corrected chi connectivity index (χ4v) is 5.17. The van der Waals surface area contributed by atoms with Crippen LogP contribution in [0.1, 0.15) is 30.9 Å². The molecule has 0 aliphatic rings. The SMILES string of the molecule is CCCC(O)(Cc1cc(OC)c(OC)c(OC)c1)[C@@H](O)[C@@](O)(Cc1cc(OC)c(OC)c(OC)c1)[C@H](O)[C@@H](O)CO. The first-order chi connectivity index (χ1) is 19.4. The van der Waals surface area contributed by atoms with E-state index in [2.05, 4.69) is 0 Å². The van der Waals surface area contributed by atoms with E-state index in [1.807, 2.05) is 0 Å². The van der Waals surface area contributed by atoms with E-state index in [1.54, 1.807) is 19.1 Å². The van der Waals surface area contributed by atoms with Crippen LogP contribution < -0.4 is 28.4 Å². The number of benzene rings is 2. The monoisotopic (exact) mass is 584 g/mol. The Balaban J connectivity index is 2.68. The topological polar surface area (TPSA) is 177 Å². The summed E-state index contributed by atoms with van der Waals surface area (Å²) >= 11 is 0. The van der Waals surface area contributed by atoms with E-state index >= 15 is 0 Å². The summed E-state index contributed by atoms with van der Waals surface area (Å²) < 4.78 is 32.3. The molecule has 0 fully saturated rings. The Labute approximate surface area is 240 Å². The van der Waals surface area contributed by atoms with Crippen molar-refractivity contribution >= 4 is 0 Å². The largest absolute Gasteiger partial charge is 0.493 e. The Hall–Kier alpha value is -3.00. The molecule has 0 saturated heterocycles. The van der Waals surface area contributed by atoms with Crippen LogP contribution in [0.2, 0.25) is 0 Å². The van der Waals surface area contributed by atoms with Gasteiger partial charge < -0.3 is 59.1 Å². The fourth-order valence-electron chi connectivity index (χ4n) is 5.17. The maximum atomic E-state index is 12.0. The second-order valence-electron chi connectivity index (χ2n) is 9.86. The maximum Gasteiger partial charge on any atom is 0.203 e. The molecule has 0 radical (unpaired) electrons. The molecule has 2 aromatic carbocycles. The first kappa shape index (κ1) is 34.2. The summed E-state index contributed by atoms with van der Waals surface area (Å²) in [5.74, 6) is 1.74. The minimum Gasteiger partial charge on any atom is -0.493 e. The Bertz CT molecular complexity index is 1070. The molecule has 0 bridgehead atoms. The smallest absolute Gasteiger partial charge is 0.203 e. The van der Waals surface area contributed by atoms with Crippen molar-refractivity contribution < 1.29 is 59.1 Å². The molecule has 2 rings (SSSR count). The molecule has 0 heterocycles. The second kappa shape index (κ2) is 14.8. The van der Waals surface area contributed by atoms with Gasteiger partial charge in [0.05, 0.1) is 54.9 Å². The molecule has 12 nitrogen and oxygen atoms in total. The van der Waals surface area contributed by atoms with E-state index in [1.165, 1.54) is 54.8 Å². The lowest BCUT2D eigenvalue weighted by molar-refractivity contribution is -0.230. The van der Waals surface area contributed by atoms with Gasteiger partial charge in [-0.1, -0.05) is 13.3 Å². The molecule has 232 valence electrons. The van der Waals surface area contributed by atoms with Crippen LogP contribution in [-0.2, 0) is 12.8 Å². The molecule has 0 aromatic heterocycles. The van der Waals surface area contributed by atoms with Crippen molar-refractivity contribution in [2.75, 3.05) is 49.3 Å². The van der Waals surface area contributed by atoms with E-state index < -0.39 is 42.5 Å². The Morgan fingerprint density at radius 1 is 0.659 bits per heavy atom. The van der Waals surface area contributed by atoms with E-state index in [9.17, 15) is 30.6 Å². The molecule has 0 spiro atoms. The van der Waals surface area contributed by atoms with E-state index in [4.69, 9.17) is 28.4 Å². The third kappa shape index (κ3) is 7.26. The second-order valence-corrected chi connectivity index (χ2v) is 9.86. The van der Waals surface area contributed by atoms with Crippen molar-refractivity contribution in [1.29, 1.82) is 0 Å². The molecule has 12 heteroatoms. The summed E-state index contributed by atoms with van der Waals surface area (Å²) in [6, 6.07) is 6.22. The number of aliphatic hydroxyl groups is 6. The van der Waals surface area contributed by atoms with Crippen LogP contribution in [-0.4, -0.2) is 109 Å². The van der Waals surface area contributed by atoms with Gasteiger partial charge in [-0.2, -0.15) is 0 Å². The molecule has 41 heavy (non-hydrogen) atoms. The third-order valence-corrected chi connectivity index (χ3v) is 7.18. The average molecular weight is 585 g/mol. The summed E-state index contributed by atoms with van der Waals surface area (Å²) in [6.45, 7) is 0.870. The molecular formula is C29H44O12. The number of aliphatic hydroxyl groups excluding tert-OH is 4. The number of hydrogen-bond acceptors (Lipinski definition) is 12. The van der Waals surface area contributed by atoms with Gasteiger partial charge in [-0.15, -0.1) is 0 Å². The highest BCUT2D eigenvalue weighted by molar-refractivity contribution is 5.55. The van der Waals surface area contributed by atoms with Crippen LogP contribution >= 0.6 is 0 Å². The summed E-state index contributed by atoms with van der Waals surface area (Å²) in [6.07, 6.45) is -6.28. The lowest BCUT2D eigenvalue weighted by Gasteiger charge is -2.46. The zero-order valence-electron chi connectivity index (χ0n) is 24.7. The maximum absolute atomic E-state index is 12.0. The highest BCUT2D eigenvalue weighted by Crippen LogP contribution is 2.43. The van der Waals surface area contributed by atoms with Crippen molar-refractivity contribution in [3.63, 3.8) is 0 Å². The van der Waals surface area contributed by atoms with Crippen LogP contribution in [0.5, 0.6) is 34.5 Å². The summed E-state index contributed by atoms with van der Waals surface area (Å²) in [7, 11) is 8.57. The predicted octanol–water partition coefficient (Wildman–Crippen LogP) is 0.861. The standard InChI is InChI=1S/C29H44O12/c1-8-9-28(34,14-17-10-20(36-2)24(40-6)21(11-17)37-3)27(33)29(35,26(32)19(31)16-30)15-18-12-22(38-4)25(41-7)23(13-18)39-5/h10-13,19,26-27,30-35H,8-9,14-16H2,1-7H3/t19-,26+,27+,28?,29+/m0/s1. The molecular weight excluding hydrogens is 540 g/mol.